The molecule has 1 amide bonds. The zero-order valence-corrected chi connectivity index (χ0v) is 10.5. The maximum atomic E-state index is 11.8. The Hall–Kier alpha value is -1.54. The number of carbonyl (C=O) groups is 2. The fourth-order valence-corrected chi connectivity index (χ4v) is 2.21. The molecule has 0 aromatic heterocycles. The van der Waals surface area contributed by atoms with Gasteiger partial charge < -0.3 is 10.4 Å². The van der Waals surface area contributed by atoms with Crippen molar-refractivity contribution >= 4 is 11.9 Å². The van der Waals surface area contributed by atoms with E-state index in [1.807, 2.05) is 0 Å². The lowest BCUT2D eigenvalue weighted by molar-refractivity contribution is -0.138. The molecule has 0 heterocycles. The van der Waals surface area contributed by atoms with Crippen LogP contribution in [-0.4, -0.2) is 47.6 Å². The average Bonchev–Trinajstić information content (AvgIpc) is 2.29. The Morgan fingerprint density at radius 3 is 2.50 bits per heavy atom. The second-order valence-electron chi connectivity index (χ2n) is 4.65. The van der Waals surface area contributed by atoms with Crippen molar-refractivity contribution in [2.24, 2.45) is 0 Å². The van der Waals surface area contributed by atoms with Gasteiger partial charge in [-0.2, -0.15) is 0 Å². The second kappa shape index (κ2) is 7.72. The van der Waals surface area contributed by atoms with E-state index in [4.69, 9.17) is 11.5 Å². The molecule has 0 aliphatic heterocycles. The van der Waals surface area contributed by atoms with Crippen molar-refractivity contribution in [2.75, 3.05) is 19.6 Å². The fraction of sp³-hybridized carbons (Fsp3) is 0.692. The highest BCUT2D eigenvalue weighted by molar-refractivity contribution is 5.79. The van der Waals surface area contributed by atoms with E-state index in [-0.39, 0.29) is 31.6 Å². The highest BCUT2D eigenvalue weighted by Crippen LogP contribution is 2.17. The minimum Gasteiger partial charge on any atom is -0.480 e. The molecule has 1 aliphatic rings. The predicted molar refractivity (Wildman–Crippen MR) is 67.9 cm³/mol. The number of carboxylic acids is 1. The summed E-state index contributed by atoms with van der Waals surface area (Å²) in [6, 6.07) is 0.240. The third-order valence-electron chi connectivity index (χ3n) is 3.01. The van der Waals surface area contributed by atoms with Gasteiger partial charge in [0.25, 0.3) is 0 Å². The van der Waals surface area contributed by atoms with Gasteiger partial charge in [0.05, 0.1) is 19.6 Å². The summed E-state index contributed by atoms with van der Waals surface area (Å²) in [6.07, 6.45) is 10.7. The van der Waals surface area contributed by atoms with E-state index < -0.39 is 5.97 Å². The maximum Gasteiger partial charge on any atom is 0.317 e. The molecule has 1 fully saturated rings. The summed E-state index contributed by atoms with van der Waals surface area (Å²) in [6.45, 7) is 0.0136. The Bertz CT molecular complexity index is 330. The number of aliphatic carboxylic acids is 1. The monoisotopic (exact) mass is 252 g/mol. The van der Waals surface area contributed by atoms with Crippen LogP contribution in [0.1, 0.15) is 32.1 Å². The van der Waals surface area contributed by atoms with Crippen molar-refractivity contribution in [3.8, 4) is 12.3 Å². The van der Waals surface area contributed by atoms with Gasteiger partial charge in [0.1, 0.15) is 0 Å². The molecule has 0 unspecified atom stereocenters. The Morgan fingerprint density at radius 1 is 1.28 bits per heavy atom. The van der Waals surface area contributed by atoms with Gasteiger partial charge in [-0.05, 0) is 12.8 Å². The van der Waals surface area contributed by atoms with Crippen LogP contribution in [0.3, 0.4) is 0 Å². The van der Waals surface area contributed by atoms with E-state index in [0.717, 1.165) is 25.7 Å². The van der Waals surface area contributed by atoms with Gasteiger partial charge in [-0.25, -0.2) is 0 Å². The number of rotatable bonds is 6. The molecule has 1 rings (SSSR count). The summed E-state index contributed by atoms with van der Waals surface area (Å²) in [7, 11) is 0. The van der Waals surface area contributed by atoms with E-state index >= 15 is 0 Å². The third kappa shape index (κ3) is 5.69. The van der Waals surface area contributed by atoms with E-state index in [1.54, 1.807) is 0 Å². The molecule has 0 aromatic carbocycles. The molecule has 5 heteroatoms. The van der Waals surface area contributed by atoms with Crippen molar-refractivity contribution in [1.82, 2.24) is 10.2 Å². The third-order valence-corrected chi connectivity index (χ3v) is 3.01. The zero-order chi connectivity index (χ0) is 13.4. The molecular weight excluding hydrogens is 232 g/mol. The number of carbonyl (C=O) groups excluding carboxylic acids is 1. The lowest BCUT2D eigenvalue weighted by Crippen LogP contribution is -2.44. The number of nitrogens with one attached hydrogen (secondary N) is 1. The molecule has 0 atom stereocenters. The summed E-state index contributed by atoms with van der Waals surface area (Å²) in [4.78, 5) is 23.8. The number of hydrogen-bond donors (Lipinski definition) is 2. The fourth-order valence-electron chi connectivity index (χ4n) is 2.21. The molecule has 0 radical (unpaired) electrons. The van der Waals surface area contributed by atoms with E-state index in [9.17, 15) is 9.59 Å². The molecule has 1 saturated carbocycles. The van der Waals surface area contributed by atoms with Crippen LogP contribution >= 0.6 is 0 Å². The van der Waals surface area contributed by atoms with Crippen LogP contribution < -0.4 is 5.32 Å². The van der Waals surface area contributed by atoms with Crippen LogP contribution in [-0.2, 0) is 9.59 Å². The molecule has 0 aromatic rings. The summed E-state index contributed by atoms with van der Waals surface area (Å²) in [5, 5.41) is 11.6. The van der Waals surface area contributed by atoms with Gasteiger partial charge in [-0.3, -0.25) is 14.5 Å². The van der Waals surface area contributed by atoms with Crippen LogP contribution in [0.4, 0.5) is 0 Å². The normalized spacial score (nSPS) is 16.2. The number of amides is 1. The van der Waals surface area contributed by atoms with E-state index in [0.29, 0.717) is 0 Å². The van der Waals surface area contributed by atoms with Crippen LogP contribution in [0, 0.1) is 12.3 Å². The van der Waals surface area contributed by atoms with Crippen molar-refractivity contribution in [2.45, 2.75) is 38.1 Å². The molecule has 100 valence electrons. The minimum atomic E-state index is -0.976. The summed E-state index contributed by atoms with van der Waals surface area (Å²) in [5.74, 6) is 1.25. The standard InChI is InChI=1S/C13H20N2O3/c1-2-8-15(10-13(17)18)9-12(16)14-11-6-4-3-5-7-11/h1,11H,3-10H2,(H,14,16)(H,17,18). The molecule has 18 heavy (non-hydrogen) atoms. The SMILES string of the molecule is C#CCN(CC(=O)O)CC(=O)NC1CCCCC1. The largest absolute Gasteiger partial charge is 0.480 e. The van der Waals surface area contributed by atoms with Crippen LogP contribution in [0.25, 0.3) is 0 Å². The number of terminal acetylenes is 1. The predicted octanol–water partition coefficient (Wildman–Crippen LogP) is 0.455. The van der Waals surface area contributed by atoms with E-state index in [2.05, 4.69) is 11.2 Å². The molecular formula is C13H20N2O3. The first-order valence-electron chi connectivity index (χ1n) is 6.29. The Labute approximate surface area is 108 Å². The maximum absolute atomic E-state index is 11.8. The number of carboxylic acid groups (broad SMARTS) is 1. The second-order valence-corrected chi connectivity index (χ2v) is 4.65. The quantitative estimate of drug-likeness (QED) is 0.674. The van der Waals surface area contributed by atoms with Gasteiger partial charge in [-0.15, -0.1) is 6.42 Å². The van der Waals surface area contributed by atoms with Gasteiger partial charge in [0.15, 0.2) is 0 Å². The first-order valence-corrected chi connectivity index (χ1v) is 6.29. The molecule has 2 N–H and O–H groups in total. The lowest BCUT2D eigenvalue weighted by Gasteiger charge is -2.24. The van der Waals surface area contributed by atoms with Crippen molar-refractivity contribution in [3.63, 3.8) is 0 Å². The minimum absolute atomic E-state index is 0.0486. The van der Waals surface area contributed by atoms with Crippen LogP contribution in [0.5, 0.6) is 0 Å². The molecule has 5 nitrogen and oxygen atoms in total. The highest BCUT2D eigenvalue weighted by Gasteiger charge is 2.18. The molecule has 0 saturated heterocycles. The summed E-state index contributed by atoms with van der Waals surface area (Å²) >= 11 is 0. The summed E-state index contributed by atoms with van der Waals surface area (Å²) in [5.41, 5.74) is 0. The average molecular weight is 252 g/mol. The van der Waals surface area contributed by atoms with E-state index in [1.165, 1.54) is 11.3 Å². The zero-order valence-electron chi connectivity index (χ0n) is 10.5. The van der Waals surface area contributed by atoms with Crippen LogP contribution in [0.15, 0.2) is 0 Å². The van der Waals surface area contributed by atoms with Gasteiger partial charge >= 0.3 is 5.97 Å². The smallest absolute Gasteiger partial charge is 0.317 e. The topological polar surface area (TPSA) is 69.6 Å². The van der Waals surface area contributed by atoms with Gasteiger partial charge in [0, 0.05) is 6.04 Å². The first kappa shape index (κ1) is 14.5. The lowest BCUT2D eigenvalue weighted by atomic mass is 9.95. The van der Waals surface area contributed by atoms with Gasteiger partial charge in [0.2, 0.25) is 5.91 Å². The highest BCUT2D eigenvalue weighted by atomic mass is 16.4. The summed E-state index contributed by atoms with van der Waals surface area (Å²) < 4.78 is 0. The van der Waals surface area contributed by atoms with Crippen LogP contribution in [0.2, 0.25) is 0 Å². The molecule has 0 spiro atoms. The number of nitrogens with zero attached hydrogens (tertiary/aromatic N) is 1. The Kier molecular flexibility index (Phi) is 6.23. The first-order chi connectivity index (χ1) is 8.61. The van der Waals surface area contributed by atoms with Gasteiger partial charge in [-0.1, -0.05) is 25.2 Å². The van der Waals surface area contributed by atoms with Crippen molar-refractivity contribution in [3.05, 3.63) is 0 Å². The molecule has 1 aliphatic carbocycles. The Balaban J connectivity index is 2.35. The molecule has 0 bridgehead atoms. The number of hydrogen-bond acceptors (Lipinski definition) is 3. The van der Waals surface area contributed by atoms with Crippen molar-refractivity contribution < 1.29 is 14.7 Å². The van der Waals surface area contributed by atoms with Crippen molar-refractivity contribution in [1.29, 1.82) is 0 Å². The Morgan fingerprint density at radius 2 is 1.94 bits per heavy atom.